The van der Waals surface area contributed by atoms with Gasteiger partial charge in [0.25, 0.3) is 0 Å². The van der Waals surface area contributed by atoms with Gasteiger partial charge in [0, 0.05) is 13.1 Å². The molecule has 15 heavy (non-hydrogen) atoms. The van der Waals surface area contributed by atoms with Gasteiger partial charge in [0.05, 0.1) is 11.6 Å². The molecule has 0 aromatic carbocycles. The zero-order chi connectivity index (χ0) is 11.6. The number of nitrogens with two attached hydrogens (primary N) is 1. The van der Waals surface area contributed by atoms with Crippen molar-refractivity contribution in [3.05, 3.63) is 0 Å². The van der Waals surface area contributed by atoms with Crippen LogP contribution in [0.5, 0.6) is 0 Å². The molecule has 0 aromatic rings. The third-order valence-electron chi connectivity index (χ3n) is 2.99. The minimum atomic E-state index is -0.745. The van der Waals surface area contributed by atoms with Gasteiger partial charge in [-0.25, -0.2) is 0 Å². The highest BCUT2D eigenvalue weighted by molar-refractivity contribution is 5.82. The van der Waals surface area contributed by atoms with Gasteiger partial charge in [-0.2, -0.15) is 0 Å². The number of rotatable bonds is 2. The lowest BCUT2D eigenvalue weighted by molar-refractivity contribution is -0.139. The molecule has 0 radical (unpaired) electrons. The van der Waals surface area contributed by atoms with Crippen molar-refractivity contribution >= 4 is 5.91 Å². The summed E-state index contributed by atoms with van der Waals surface area (Å²) in [7, 11) is 0. The fourth-order valence-electron chi connectivity index (χ4n) is 1.90. The molecule has 1 unspecified atom stereocenters. The molecule has 1 rings (SSSR count). The van der Waals surface area contributed by atoms with E-state index >= 15 is 0 Å². The first-order chi connectivity index (χ1) is 6.83. The number of aliphatic hydroxyl groups is 1. The van der Waals surface area contributed by atoms with Crippen molar-refractivity contribution in [3.63, 3.8) is 0 Å². The standard InChI is InChI=1S/C11H22N2O2/c1-8(2)9(12)10(14)13-6-4-5-11(3,15)7-13/h8-9,15H,4-7,12H2,1-3H3/t9-,11?/m1/s1. The van der Waals surface area contributed by atoms with Crippen molar-refractivity contribution in [3.8, 4) is 0 Å². The van der Waals surface area contributed by atoms with Crippen molar-refractivity contribution < 1.29 is 9.90 Å². The molecule has 2 atom stereocenters. The van der Waals surface area contributed by atoms with E-state index < -0.39 is 11.6 Å². The Kier molecular flexibility index (Phi) is 3.73. The van der Waals surface area contributed by atoms with Crippen LogP contribution in [0.3, 0.4) is 0 Å². The Morgan fingerprint density at radius 2 is 2.13 bits per heavy atom. The number of hydrogen-bond donors (Lipinski definition) is 2. The van der Waals surface area contributed by atoms with Crippen molar-refractivity contribution in [1.29, 1.82) is 0 Å². The Morgan fingerprint density at radius 1 is 1.53 bits per heavy atom. The molecule has 1 saturated heterocycles. The molecule has 1 aliphatic heterocycles. The number of β-amino-alcohol motifs (C(OH)–C–C–N with tert-alkyl or cyclic N) is 1. The Bertz CT molecular complexity index is 239. The van der Waals surface area contributed by atoms with Crippen LogP contribution in [0.25, 0.3) is 0 Å². The molecule has 1 heterocycles. The molecule has 1 fully saturated rings. The molecule has 0 bridgehead atoms. The van der Waals surface area contributed by atoms with Gasteiger partial charge < -0.3 is 15.7 Å². The second-order valence-electron chi connectivity index (χ2n) is 5.13. The van der Waals surface area contributed by atoms with Gasteiger partial charge in [-0.05, 0) is 25.7 Å². The molecule has 0 aromatic heterocycles. The highest BCUT2D eigenvalue weighted by Gasteiger charge is 2.33. The smallest absolute Gasteiger partial charge is 0.239 e. The molecule has 4 nitrogen and oxygen atoms in total. The topological polar surface area (TPSA) is 66.6 Å². The fourth-order valence-corrected chi connectivity index (χ4v) is 1.90. The summed E-state index contributed by atoms with van der Waals surface area (Å²) in [4.78, 5) is 13.6. The van der Waals surface area contributed by atoms with E-state index in [0.717, 1.165) is 19.4 Å². The van der Waals surface area contributed by atoms with E-state index in [1.807, 2.05) is 13.8 Å². The number of carbonyl (C=O) groups is 1. The SMILES string of the molecule is CC(C)[C@@H](N)C(=O)N1CCCC(C)(O)C1. The van der Waals surface area contributed by atoms with Gasteiger partial charge in [-0.15, -0.1) is 0 Å². The highest BCUT2D eigenvalue weighted by Crippen LogP contribution is 2.21. The maximum atomic E-state index is 11.9. The maximum absolute atomic E-state index is 11.9. The minimum absolute atomic E-state index is 0.0371. The molecular formula is C11H22N2O2. The predicted molar refractivity (Wildman–Crippen MR) is 59.3 cm³/mol. The summed E-state index contributed by atoms with van der Waals surface area (Å²) in [5, 5.41) is 9.88. The Balaban J connectivity index is 2.60. The lowest BCUT2D eigenvalue weighted by atomic mass is 9.93. The first-order valence-corrected chi connectivity index (χ1v) is 5.60. The Labute approximate surface area is 91.4 Å². The molecule has 0 saturated carbocycles. The van der Waals surface area contributed by atoms with E-state index in [1.165, 1.54) is 0 Å². The van der Waals surface area contributed by atoms with Crippen LogP contribution in [0, 0.1) is 5.92 Å². The summed E-state index contributed by atoms with van der Waals surface area (Å²) >= 11 is 0. The van der Waals surface area contributed by atoms with Crippen LogP contribution in [0.15, 0.2) is 0 Å². The summed E-state index contributed by atoms with van der Waals surface area (Å²) in [6, 6.07) is -0.445. The molecule has 3 N–H and O–H groups in total. The molecule has 88 valence electrons. The number of carbonyl (C=O) groups excluding carboxylic acids is 1. The summed E-state index contributed by atoms with van der Waals surface area (Å²) in [6.45, 7) is 6.77. The van der Waals surface area contributed by atoms with E-state index in [9.17, 15) is 9.90 Å². The minimum Gasteiger partial charge on any atom is -0.388 e. The van der Waals surface area contributed by atoms with E-state index in [1.54, 1.807) is 11.8 Å². The van der Waals surface area contributed by atoms with Crippen LogP contribution in [0.2, 0.25) is 0 Å². The summed E-state index contributed by atoms with van der Waals surface area (Å²) in [5.74, 6) is 0.106. The molecule has 0 spiro atoms. The van der Waals surface area contributed by atoms with Crippen LogP contribution in [0.1, 0.15) is 33.6 Å². The van der Waals surface area contributed by atoms with Gasteiger partial charge in [0.2, 0.25) is 5.91 Å². The molecular weight excluding hydrogens is 192 g/mol. The molecule has 1 amide bonds. The number of likely N-dealkylation sites (tertiary alicyclic amines) is 1. The van der Waals surface area contributed by atoms with Crippen LogP contribution >= 0.6 is 0 Å². The highest BCUT2D eigenvalue weighted by atomic mass is 16.3. The summed E-state index contributed by atoms with van der Waals surface area (Å²) < 4.78 is 0. The van der Waals surface area contributed by atoms with Crippen LogP contribution < -0.4 is 5.73 Å². The molecule has 1 aliphatic rings. The quantitative estimate of drug-likeness (QED) is 0.696. The second kappa shape index (κ2) is 4.49. The summed E-state index contributed by atoms with van der Waals surface area (Å²) in [6.07, 6.45) is 1.61. The third kappa shape index (κ3) is 3.18. The zero-order valence-corrected chi connectivity index (χ0v) is 9.86. The van der Waals surface area contributed by atoms with E-state index in [4.69, 9.17) is 5.73 Å². The predicted octanol–water partition coefficient (Wildman–Crippen LogP) is 0.343. The number of nitrogens with zero attached hydrogens (tertiary/aromatic N) is 1. The monoisotopic (exact) mass is 214 g/mol. The van der Waals surface area contributed by atoms with E-state index in [0.29, 0.717) is 6.54 Å². The fraction of sp³-hybridized carbons (Fsp3) is 0.909. The van der Waals surface area contributed by atoms with Gasteiger partial charge in [0.15, 0.2) is 0 Å². The summed E-state index contributed by atoms with van der Waals surface area (Å²) in [5.41, 5.74) is 5.06. The average molecular weight is 214 g/mol. The first-order valence-electron chi connectivity index (χ1n) is 5.60. The lowest BCUT2D eigenvalue weighted by Gasteiger charge is -2.38. The second-order valence-corrected chi connectivity index (χ2v) is 5.13. The van der Waals surface area contributed by atoms with E-state index in [2.05, 4.69) is 0 Å². The Hall–Kier alpha value is -0.610. The number of amides is 1. The number of piperidine rings is 1. The third-order valence-corrected chi connectivity index (χ3v) is 2.99. The van der Waals surface area contributed by atoms with Gasteiger partial charge in [0.1, 0.15) is 0 Å². The van der Waals surface area contributed by atoms with Gasteiger partial charge in [-0.3, -0.25) is 4.79 Å². The van der Waals surface area contributed by atoms with Crippen LogP contribution in [-0.2, 0) is 4.79 Å². The van der Waals surface area contributed by atoms with E-state index in [-0.39, 0.29) is 11.8 Å². The van der Waals surface area contributed by atoms with Crippen LogP contribution in [0.4, 0.5) is 0 Å². The first kappa shape index (κ1) is 12.5. The van der Waals surface area contributed by atoms with Crippen molar-refractivity contribution in [2.75, 3.05) is 13.1 Å². The largest absolute Gasteiger partial charge is 0.388 e. The average Bonchev–Trinajstić information content (AvgIpc) is 2.13. The van der Waals surface area contributed by atoms with Gasteiger partial charge in [-0.1, -0.05) is 13.8 Å². The van der Waals surface area contributed by atoms with Crippen LogP contribution in [-0.4, -0.2) is 40.6 Å². The zero-order valence-electron chi connectivity index (χ0n) is 9.86. The van der Waals surface area contributed by atoms with Crippen molar-refractivity contribution in [2.45, 2.75) is 45.3 Å². The van der Waals surface area contributed by atoms with Crippen molar-refractivity contribution in [2.24, 2.45) is 11.7 Å². The normalized spacial score (nSPS) is 29.3. The Morgan fingerprint density at radius 3 is 2.60 bits per heavy atom. The van der Waals surface area contributed by atoms with Gasteiger partial charge >= 0.3 is 0 Å². The molecule has 0 aliphatic carbocycles. The number of hydrogen-bond acceptors (Lipinski definition) is 3. The maximum Gasteiger partial charge on any atom is 0.239 e. The molecule has 4 heteroatoms. The lowest BCUT2D eigenvalue weighted by Crippen LogP contribution is -2.54. The van der Waals surface area contributed by atoms with Crippen molar-refractivity contribution in [1.82, 2.24) is 4.90 Å².